The van der Waals surface area contributed by atoms with Crippen LogP contribution in [0, 0.1) is 16.0 Å². The second-order valence-corrected chi connectivity index (χ2v) is 4.68. The molecule has 1 amide bonds. The summed E-state index contributed by atoms with van der Waals surface area (Å²) in [5.74, 6) is -0.672. The first kappa shape index (κ1) is 15.3. The zero-order valence-corrected chi connectivity index (χ0v) is 11.2. The van der Waals surface area contributed by atoms with Gasteiger partial charge in [-0.15, -0.1) is 0 Å². The highest BCUT2D eigenvalue weighted by Gasteiger charge is 2.24. The van der Waals surface area contributed by atoms with E-state index in [0.29, 0.717) is 0 Å². The van der Waals surface area contributed by atoms with Crippen molar-refractivity contribution in [2.75, 3.05) is 6.61 Å². The molecule has 0 saturated carbocycles. The molecule has 2 N–H and O–H groups in total. The van der Waals surface area contributed by atoms with E-state index in [9.17, 15) is 14.9 Å². The molecule has 8 heteroatoms. The highest BCUT2D eigenvalue weighted by Crippen LogP contribution is 2.20. The van der Waals surface area contributed by atoms with Crippen LogP contribution in [-0.4, -0.2) is 33.6 Å². The lowest BCUT2D eigenvalue weighted by Crippen LogP contribution is -2.41. The lowest BCUT2D eigenvalue weighted by atomic mass is 10.0. The number of nitrogens with one attached hydrogen (secondary N) is 1. The maximum absolute atomic E-state index is 12.0. The van der Waals surface area contributed by atoms with Gasteiger partial charge in [0.15, 0.2) is 0 Å². The molecule has 0 saturated heterocycles. The average molecular weight is 288 g/mol. The Morgan fingerprint density at radius 1 is 1.63 bits per heavy atom. The number of rotatable bonds is 5. The Hall–Kier alpha value is -1.73. The molecule has 7 nitrogen and oxygen atoms in total. The van der Waals surface area contributed by atoms with Crippen LogP contribution < -0.4 is 5.32 Å². The summed E-state index contributed by atoms with van der Waals surface area (Å²) in [6.07, 6.45) is 0.931. The molecule has 104 valence electrons. The Bertz CT molecular complexity index is 493. The summed E-state index contributed by atoms with van der Waals surface area (Å²) < 4.78 is 0. The number of amides is 1. The van der Waals surface area contributed by atoms with Gasteiger partial charge < -0.3 is 10.4 Å². The monoisotopic (exact) mass is 287 g/mol. The molecule has 1 rings (SSSR count). The molecule has 19 heavy (non-hydrogen) atoms. The molecule has 0 aromatic carbocycles. The van der Waals surface area contributed by atoms with Gasteiger partial charge in [0.05, 0.1) is 17.6 Å². The molecule has 0 aliphatic heterocycles. The molecule has 0 aliphatic carbocycles. The van der Waals surface area contributed by atoms with Gasteiger partial charge in [-0.2, -0.15) is 0 Å². The van der Waals surface area contributed by atoms with E-state index in [1.165, 1.54) is 0 Å². The second-order valence-electron chi connectivity index (χ2n) is 4.29. The van der Waals surface area contributed by atoms with Crippen molar-refractivity contribution in [1.29, 1.82) is 0 Å². The van der Waals surface area contributed by atoms with Gasteiger partial charge in [0.25, 0.3) is 11.6 Å². The summed E-state index contributed by atoms with van der Waals surface area (Å²) in [6, 6.07) is 0.642. The van der Waals surface area contributed by atoms with Gasteiger partial charge in [-0.05, 0) is 12.0 Å². The minimum absolute atomic E-state index is 0.00897. The zero-order chi connectivity index (χ0) is 14.6. The number of hydrogen-bond donors (Lipinski definition) is 2. The molecule has 1 atom stereocenters. The molecule has 0 spiro atoms. The van der Waals surface area contributed by atoms with Gasteiger partial charge in [-0.25, -0.2) is 4.98 Å². The topological polar surface area (TPSA) is 105 Å². The zero-order valence-electron chi connectivity index (χ0n) is 10.5. The largest absolute Gasteiger partial charge is 0.394 e. The van der Waals surface area contributed by atoms with Crippen molar-refractivity contribution < 1.29 is 14.8 Å². The van der Waals surface area contributed by atoms with E-state index < -0.39 is 22.6 Å². The lowest BCUT2D eigenvalue weighted by molar-refractivity contribution is -0.385. The molecular formula is C11H14ClN3O4. The fourth-order valence-corrected chi connectivity index (χ4v) is 1.58. The number of carbonyl (C=O) groups is 1. The summed E-state index contributed by atoms with van der Waals surface area (Å²) in [5, 5.41) is 22.5. The predicted octanol–water partition coefficient (Wildman–Crippen LogP) is 1.39. The van der Waals surface area contributed by atoms with E-state index in [0.717, 1.165) is 12.3 Å². The van der Waals surface area contributed by atoms with Crippen LogP contribution in [0.3, 0.4) is 0 Å². The predicted molar refractivity (Wildman–Crippen MR) is 69.1 cm³/mol. The summed E-state index contributed by atoms with van der Waals surface area (Å²) in [5.41, 5.74) is -0.605. The Kier molecular flexibility index (Phi) is 5.20. The minimum Gasteiger partial charge on any atom is -0.394 e. The third-order valence-corrected chi connectivity index (χ3v) is 2.82. The number of aliphatic hydroxyl groups is 1. The van der Waals surface area contributed by atoms with Crippen molar-refractivity contribution in [2.24, 2.45) is 5.92 Å². The number of hydrogen-bond acceptors (Lipinski definition) is 5. The minimum atomic E-state index is -0.707. The number of nitrogens with zero attached hydrogens (tertiary/aromatic N) is 2. The molecule has 0 radical (unpaired) electrons. The molecule has 1 heterocycles. The molecule has 1 aromatic rings. The number of pyridine rings is 1. The van der Waals surface area contributed by atoms with Crippen LogP contribution in [0.15, 0.2) is 12.3 Å². The van der Waals surface area contributed by atoms with Gasteiger partial charge in [0.2, 0.25) is 0 Å². The fraction of sp³-hybridized carbons (Fsp3) is 0.455. The van der Waals surface area contributed by atoms with Crippen LogP contribution in [0.1, 0.15) is 24.2 Å². The maximum atomic E-state index is 12.0. The van der Waals surface area contributed by atoms with Gasteiger partial charge >= 0.3 is 0 Å². The van der Waals surface area contributed by atoms with Crippen LogP contribution in [0.25, 0.3) is 0 Å². The van der Waals surface area contributed by atoms with E-state index in [4.69, 9.17) is 16.7 Å². The maximum Gasteiger partial charge on any atom is 0.300 e. The van der Waals surface area contributed by atoms with Gasteiger partial charge in [0, 0.05) is 0 Å². The Balaban J connectivity index is 3.05. The second kappa shape index (κ2) is 6.44. The Morgan fingerprint density at radius 3 is 2.74 bits per heavy atom. The summed E-state index contributed by atoms with van der Waals surface area (Å²) in [7, 11) is 0. The van der Waals surface area contributed by atoms with Crippen molar-refractivity contribution in [3.05, 3.63) is 33.1 Å². The molecule has 0 fully saturated rings. The van der Waals surface area contributed by atoms with Crippen molar-refractivity contribution in [1.82, 2.24) is 10.3 Å². The summed E-state index contributed by atoms with van der Waals surface area (Å²) in [6.45, 7) is 3.38. The SMILES string of the molecule is CC(C)C(CO)NC(=O)c1cc(Cl)ncc1[N+](=O)[O-]. The van der Waals surface area contributed by atoms with Gasteiger partial charge in [0.1, 0.15) is 16.9 Å². The van der Waals surface area contributed by atoms with Crippen LogP contribution >= 0.6 is 11.6 Å². The number of nitro groups is 1. The third-order valence-electron chi connectivity index (χ3n) is 2.61. The Morgan fingerprint density at radius 2 is 2.26 bits per heavy atom. The normalized spacial score (nSPS) is 12.3. The van der Waals surface area contributed by atoms with E-state index in [-0.39, 0.29) is 23.2 Å². The van der Waals surface area contributed by atoms with Crippen LogP contribution in [0.4, 0.5) is 5.69 Å². The van der Waals surface area contributed by atoms with E-state index in [1.807, 2.05) is 13.8 Å². The fourth-order valence-electron chi connectivity index (χ4n) is 1.42. The molecule has 0 aliphatic rings. The first-order valence-electron chi connectivity index (χ1n) is 5.58. The Labute approximate surface area is 114 Å². The van der Waals surface area contributed by atoms with Crippen molar-refractivity contribution in [3.8, 4) is 0 Å². The number of carbonyl (C=O) groups excluding carboxylic acids is 1. The van der Waals surface area contributed by atoms with Crippen LogP contribution in [0.5, 0.6) is 0 Å². The third kappa shape index (κ3) is 3.87. The summed E-state index contributed by atoms with van der Waals surface area (Å²) >= 11 is 5.64. The van der Waals surface area contributed by atoms with Crippen molar-refractivity contribution in [3.63, 3.8) is 0 Å². The first-order chi connectivity index (χ1) is 8.86. The smallest absolute Gasteiger partial charge is 0.300 e. The molecule has 1 aromatic heterocycles. The van der Waals surface area contributed by atoms with E-state index in [2.05, 4.69) is 10.3 Å². The molecular weight excluding hydrogens is 274 g/mol. The van der Waals surface area contributed by atoms with Crippen LogP contribution in [-0.2, 0) is 0 Å². The van der Waals surface area contributed by atoms with E-state index >= 15 is 0 Å². The lowest BCUT2D eigenvalue weighted by Gasteiger charge is -2.19. The molecule has 1 unspecified atom stereocenters. The molecule has 0 bridgehead atoms. The highest BCUT2D eigenvalue weighted by atomic mass is 35.5. The number of halogens is 1. The van der Waals surface area contributed by atoms with Crippen molar-refractivity contribution in [2.45, 2.75) is 19.9 Å². The standard InChI is InChI=1S/C11H14ClN3O4/c1-6(2)8(5-16)14-11(17)7-3-10(12)13-4-9(7)15(18)19/h3-4,6,8,16H,5H2,1-2H3,(H,14,17). The highest BCUT2D eigenvalue weighted by molar-refractivity contribution is 6.29. The first-order valence-corrected chi connectivity index (χ1v) is 5.96. The number of aliphatic hydroxyl groups excluding tert-OH is 1. The van der Waals surface area contributed by atoms with E-state index in [1.54, 1.807) is 0 Å². The average Bonchev–Trinajstić information content (AvgIpc) is 2.34. The van der Waals surface area contributed by atoms with Crippen molar-refractivity contribution >= 4 is 23.2 Å². The van der Waals surface area contributed by atoms with Gasteiger partial charge in [-0.3, -0.25) is 14.9 Å². The quantitative estimate of drug-likeness (QED) is 0.483. The van der Waals surface area contributed by atoms with Gasteiger partial charge in [-0.1, -0.05) is 25.4 Å². The summed E-state index contributed by atoms with van der Waals surface area (Å²) in [4.78, 5) is 25.7. The van der Waals surface area contributed by atoms with Crippen LogP contribution in [0.2, 0.25) is 5.15 Å². The number of aromatic nitrogens is 1.